The first-order chi connectivity index (χ1) is 16.6. The molecule has 6 heteroatoms. The van der Waals surface area contributed by atoms with Crippen LogP contribution in [-0.2, 0) is 9.59 Å². The summed E-state index contributed by atoms with van der Waals surface area (Å²) in [5.41, 5.74) is 6.83. The van der Waals surface area contributed by atoms with Crippen LogP contribution in [0.25, 0.3) is 0 Å². The molecule has 1 aliphatic heterocycles. The standard InChI is InChI=1S/C29H34N2O4/c1-6-34-25-13-19(9-10-24(25)35-28(33)18-7-8-18)27-26-22(14-29(4,5)15-23(26)32)30-20-11-16(2)17(3)12-21(20)31-27/h9-13,18,27,30-31H,6-8,14-15H2,1-5H3/t27-/m0/s1. The van der Waals surface area contributed by atoms with Crippen molar-refractivity contribution in [3.63, 3.8) is 0 Å². The van der Waals surface area contributed by atoms with Crippen LogP contribution in [0.4, 0.5) is 11.4 Å². The number of anilines is 2. The third kappa shape index (κ3) is 4.66. The molecule has 0 saturated heterocycles. The molecule has 1 atom stereocenters. The molecule has 0 unspecified atom stereocenters. The maximum atomic E-state index is 13.5. The molecule has 1 fully saturated rings. The zero-order chi connectivity index (χ0) is 24.9. The number of rotatable bonds is 5. The first-order valence-electron chi connectivity index (χ1n) is 12.5. The Morgan fingerprint density at radius 1 is 1.03 bits per heavy atom. The summed E-state index contributed by atoms with van der Waals surface area (Å²) in [6, 6.07) is 9.55. The average molecular weight is 475 g/mol. The van der Waals surface area contributed by atoms with E-state index in [-0.39, 0.29) is 29.1 Å². The largest absolute Gasteiger partial charge is 0.490 e. The van der Waals surface area contributed by atoms with E-state index in [4.69, 9.17) is 9.47 Å². The molecule has 2 aromatic rings. The second kappa shape index (κ2) is 8.74. The number of hydrogen-bond acceptors (Lipinski definition) is 6. The van der Waals surface area contributed by atoms with Crippen molar-refractivity contribution in [3.8, 4) is 11.5 Å². The highest BCUT2D eigenvalue weighted by Crippen LogP contribution is 2.47. The van der Waals surface area contributed by atoms with E-state index < -0.39 is 0 Å². The molecule has 0 spiro atoms. The number of nitrogens with one attached hydrogen (secondary N) is 2. The zero-order valence-electron chi connectivity index (χ0n) is 21.2. The number of fused-ring (bicyclic) bond motifs is 1. The van der Waals surface area contributed by atoms with Crippen LogP contribution < -0.4 is 20.1 Å². The molecular weight excluding hydrogens is 440 g/mol. The summed E-state index contributed by atoms with van der Waals surface area (Å²) in [6.07, 6.45) is 3.05. The number of allylic oxidation sites excluding steroid dienone is 1. The summed E-state index contributed by atoms with van der Waals surface area (Å²) in [5.74, 6) is 0.882. The predicted molar refractivity (Wildman–Crippen MR) is 137 cm³/mol. The molecule has 5 rings (SSSR count). The fourth-order valence-corrected chi connectivity index (χ4v) is 5.03. The number of ketones is 1. The Morgan fingerprint density at radius 2 is 1.74 bits per heavy atom. The Hall–Kier alpha value is -3.28. The molecule has 1 saturated carbocycles. The van der Waals surface area contributed by atoms with Gasteiger partial charge >= 0.3 is 5.97 Å². The van der Waals surface area contributed by atoms with E-state index in [0.717, 1.165) is 47.5 Å². The third-order valence-electron chi connectivity index (χ3n) is 7.15. The number of hydrogen-bond donors (Lipinski definition) is 2. The highest BCUT2D eigenvalue weighted by molar-refractivity contribution is 6.01. The smallest absolute Gasteiger partial charge is 0.314 e. The number of Topliss-reactive ketones (excluding diaryl/α,β-unsaturated/α-hetero) is 1. The number of carbonyl (C=O) groups is 2. The van der Waals surface area contributed by atoms with Crippen LogP contribution in [0.1, 0.15) is 69.2 Å². The maximum Gasteiger partial charge on any atom is 0.314 e. The lowest BCUT2D eigenvalue weighted by atomic mass is 9.73. The highest BCUT2D eigenvalue weighted by Gasteiger charge is 2.39. The van der Waals surface area contributed by atoms with Crippen molar-refractivity contribution in [1.29, 1.82) is 0 Å². The summed E-state index contributed by atoms with van der Waals surface area (Å²) < 4.78 is 11.5. The van der Waals surface area contributed by atoms with Gasteiger partial charge in [-0.05, 0) is 86.4 Å². The van der Waals surface area contributed by atoms with E-state index in [0.29, 0.717) is 24.5 Å². The van der Waals surface area contributed by atoms with Gasteiger partial charge in [0.25, 0.3) is 0 Å². The van der Waals surface area contributed by atoms with Gasteiger partial charge in [-0.1, -0.05) is 19.9 Å². The topological polar surface area (TPSA) is 76.7 Å². The lowest BCUT2D eigenvalue weighted by molar-refractivity contribution is -0.135. The quantitative estimate of drug-likeness (QED) is 0.395. The Balaban J connectivity index is 1.60. The van der Waals surface area contributed by atoms with Crippen molar-refractivity contribution >= 4 is 23.1 Å². The number of aryl methyl sites for hydroxylation is 2. The summed E-state index contributed by atoms with van der Waals surface area (Å²) in [5, 5.41) is 7.26. The lowest BCUT2D eigenvalue weighted by Crippen LogP contribution is -2.31. The average Bonchev–Trinajstić information content (AvgIpc) is 3.62. The van der Waals surface area contributed by atoms with Crippen LogP contribution in [0.15, 0.2) is 41.6 Å². The van der Waals surface area contributed by atoms with Gasteiger partial charge in [0.05, 0.1) is 29.9 Å². The molecule has 0 amide bonds. The minimum Gasteiger partial charge on any atom is -0.490 e. The fraction of sp³-hybridized carbons (Fsp3) is 0.448. The first kappa shape index (κ1) is 23.5. The molecule has 35 heavy (non-hydrogen) atoms. The van der Waals surface area contributed by atoms with E-state index in [1.54, 1.807) is 6.07 Å². The third-order valence-corrected chi connectivity index (χ3v) is 7.15. The Labute approximate surface area is 207 Å². The van der Waals surface area contributed by atoms with Gasteiger partial charge in [-0.2, -0.15) is 0 Å². The fourth-order valence-electron chi connectivity index (χ4n) is 5.03. The summed E-state index contributed by atoms with van der Waals surface area (Å²) >= 11 is 0. The van der Waals surface area contributed by atoms with Crippen molar-refractivity contribution in [3.05, 3.63) is 58.3 Å². The molecule has 1 heterocycles. The minimum absolute atomic E-state index is 0.00197. The SMILES string of the molecule is CCOc1cc([C@@H]2Nc3cc(C)c(C)cc3NC3=C2C(=O)CC(C)(C)C3)ccc1OC(=O)C1CC1. The molecule has 0 bridgehead atoms. The number of carbonyl (C=O) groups excluding carboxylic acids is 2. The molecule has 2 aromatic carbocycles. The Bertz CT molecular complexity index is 1240. The summed E-state index contributed by atoms with van der Waals surface area (Å²) in [6.45, 7) is 10.8. The van der Waals surface area contributed by atoms with Gasteiger partial charge in [0, 0.05) is 17.7 Å². The maximum absolute atomic E-state index is 13.5. The number of esters is 1. The van der Waals surface area contributed by atoms with Gasteiger partial charge in [0.1, 0.15) is 0 Å². The van der Waals surface area contributed by atoms with Gasteiger partial charge in [-0.25, -0.2) is 0 Å². The summed E-state index contributed by atoms with van der Waals surface area (Å²) in [4.78, 5) is 25.8. The van der Waals surface area contributed by atoms with E-state index in [1.165, 1.54) is 11.1 Å². The second-order valence-corrected chi connectivity index (χ2v) is 10.9. The second-order valence-electron chi connectivity index (χ2n) is 10.9. The van der Waals surface area contributed by atoms with E-state index in [1.807, 2.05) is 19.1 Å². The van der Waals surface area contributed by atoms with Gasteiger partial charge in [0.15, 0.2) is 17.3 Å². The van der Waals surface area contributed by atoms with Crippen LogP contribution in [-0.4, -0.2) is 18.4 Å². The van der Waals surface area contributed by atoms with E-state index in [9.17, 15) is 9.59 Å². The van der Waals surface area contributed by atoms with Gasteiger partial charge < -0.3 is 20.1 Å². The molecule has 0 aromatic heterocycles. The van der Waals surface area contributed by atoms with Crippen LogP contribution in [0.3, 0.4) is 0 Å². The van der Waals surface area contributed by atoms with Crippen LogP contribution >= 0.6 is 0 Å². The first-order valence-corrected chi connectivity index (χ1v) is 12.5. The molecule has 3 aliphatic rings. The van der Waals surface area contributed by atoms with Crippen molar-refractivity contribution in [1.82, 2.24) is 0 Å². The molecule has 6 nitrogen and oxygen atoms in total. The van der Waals surface area contributed by atoms with Gasteiger partial charge in [-0.15, -0.1) is 0 Å². The van der Waals surface area contributed by atoms with Crippen molar-refractivity contribution in [2.45, 2.75) is 66.3 Å². The van der Waals surface area contributed by atoms with Crippen LogP contribution in [0, 0.1) is 25.2 Å². The Kier molecular flexibility index (Phi) is 5.86. The summed E-state index contributed by atoms with van der Waals surface area (Å²) in [7, 11) is 0. The van der Waals surface area contributed by atoms with Crippen molar-refractivity contribution < 1.29 is 19.1 Å². The van der Waals surface area contributed by atoms with E-state index in [2.05, 4.69) is 50.5 Å². The van der Waals surface area contributed by atoms with Crippen LogP contribution in [0.2, 0.25) is 0 Å². The lowest BCUT2D eigenvalue weighted by Gasteiger charge is -2.34. The zero-order valence-corrected chi connectivity index (χ0v) is 21.2. The van der Waals surface area contributed by atoms with Crippen LogP contribution in [0.5, 0.6) is 11.5 Å². The molecule has 0 radical (unpaired) electrons. The molecule has 2 aliphatic carbocycles. The molecular formula is C29H34N2O4. The highest BCUT2D eigenvalue weighted by atomic mass is 16.6. The van der Waals surface area contributed by atoms with Crippen molar-refractivity contribution in [2.24, 2.45) is 11.3 Å². The normalized spacial score (nSPS) is 20.7. The van der Waals surface area contributed by atoms with Gasteiger partial charge in [-0.3, -0.25) is 9.59 Å². The van der Waals surface area contributed by atoms with E-state index >= 15 is 0 Å². The van der Waals surface area contributed by atoms with Gasteiger partial charge in [0.2, 0.25) is 0 Å². The minimum atomic E-state index is -0.350. The molecule has 2 N–H and O–H groups in total. The number of ether oxygens (including phenoxy) is 2. The van der Waals surface area contributed by atoms with Crippen molar-refractivity contribution in [2.75, 3.05) is 17.2 Å². The number of benzene rings is 2. The Morgan fingerprint density at radius 3 is 2.43 bits per heavy atom. The predicted octanol–water partition coefficient (Wildman–Crippen LogP) is 6.24. The monoisotopic (exact) mass is 474 g/mol. The molecule has 184 valence electrons.